The molecule has 2 fully saturated rings. The van der Waals surface area contributed by atoms with Gasteiger partial charge in [0.1, 0.15) is 0 Å². The van der Waals surface area contributed by atoms with Crippen LogP contribution in [0.25, 0.3) is 0 Å². The third-order valence-electron chi connectivity index (χ3n) is 7.74. The third-order valence-corrected chi connectivity index (χ3v) is 7.74. The van der Waals surface area contributed by atoms with Crippen LogP contribution in [0, 0.1) is 5.92 Å². The van der Waals surface area contributed by atoms with Crippen LogP contribution >= 0.6 is 0 Å². The van der Waals surface area contributed by atoms with Crippen LogP contribution < -0.4 is 10.6 Å². The Morgan fingerprint density at radius 1 is 1.26 bits per heavy atom. The summed E-state index contributed by atoms with van der Waals surface area (Å²) in [6.45, 7) is 7.68. The number of carbonyl (C=O) groups is 1. The number of piperidine rings is 2. The summed E-state index contributed by atoms with van der Waals surface area (Å²) < 4.78 is 0. The van der Waals surface area contributed by atoms with Gasteiger partial charge in [0.15, 0.2) is 0 Å². The van der Waals surface area contributed by atoms with Gasteiger partial charge < -0.3 is 10.6 Å². The minimum absolute atomic E-state index is 0.00919. The maximum atomic E-state index is 13.6. The van der Waals surface area contributed by atoms with E-state index < -0.39 is 0 Å². The average Bonchev–Trinajstić information content (AvgIpc) is 2.82. The molecule has 4 atom stereocenters. The van der Waals surface area contributed by atoms with Crippen molar-refractivity contribution in [1.29, 1.82) is 0 Å². The van der Waals surface area contributed by atoms with Crippen LogP contribution in [-0.2, 0) is 12.8 Å². The molecule has 2 aromatic rings. The van der Waals surface area contributed by atoms with Crippen LogP contribution in [0.2, 0.25) is 0 Å². The highest BCUT2D eigenvalue weighted by atomic mass is 16.1. The average molecular weight is 418 g/mol. The van der Waals surface area contributed by atoms with E-state index in [1.54, 1.807) is 0 Å². The number of nitrogens with zero attached hydrogens (tertiary/aromatic N) is 1. The van der Waals surface area contributed by atoms with Gasteiger partial charge >= 0.3 is 0 Å². The maximum absolute atomic E-state index is 13.6. The molecule has 164 valence electrons. The Morgan fingerprint density at radius 3 is 2.90 bits per heavy atom. The van der Waals surface area contributed by atoms with Gasteiger partial charge in [-0.25, -0.2) is 0 Å². The summed E-state index contributed by atoms with van der Waals surface area (Å²) in [6.07, 6.45) is 5.77. The van der Waals surface area contributed by atoms with Gasteiger partial charge in [0, 0.05) is 30.7 Å². The van der Waals surface area contributed by atoms with E-state index in [0.717, 1.165) is 49.4 Å². The molecule has 4 heteroatoms. The van der Waals surface area contributed by atoms with Crippen molar-refractivity contribution in [2.75, 3.05) is 19.6 Å². The van der Waals surface area contributed by atoms with Gasteiger partial charge in [0.05, 0.1) is 6.04 Å². The molecule has 2 saturated heterocycles. The molecular weight excluding hydrogens is 382 g/mol. The molecule has 1 amide bonds. The highest BCUT2D eigenvalue weighted by Crippen LogP contribution is 2.42. The Kier molecular flexibility index (Phi) is 5.85. The van der Waals surface area contributed by atoms with E-state index in [2.05, 4.69) is 53.6 Å². The first-order valence-electron chi connectivity index (χ1n) is 12.1. The number of nitrogens with one attached hydrogen (secondary N) is 2. The zero-order valence-corrected chi connectivity index (χ0v) is 18.9. The largest absolute Gasteiger partial charge is 0.346 e. The van der Waals surface area contributed by atoms with Crippen LogP contribution in [-0.4, -0.2) is 36.5 Å². The van der Waals surface area contributed by atoms with Gasteiger partial charge in [-0.2, -0.15) is 0 Å². The predicted molar refractivity (Wildman–Crippen MR) is 125 cm³/mol. The van der Waals surface area contributed by atoms with E-state index in [4.69, 9.17) is 0 Å². The van der Waals surface area contributed by atoms with Crippen molar-refractivity contribution in [3.05, 3.63) is 70.3 Å². The molecule has 0 radical (unpaired) electrons. The SMILES string of the molecule is CCc1cc2c(c(C(=O)N[C@H](C)c3ccccc3)c1)[C@@H]1C[C@@H]3NCCC[C@@H]3CN1CC2. The molecule has 4 nitrogen and oxygen atoms in total. The van der Waals surface area contributed by atoms with Gasteiger partial charge in [0.2, 0.25) is 0 Å². The van der Waals surface area contributed by atoms with E-state index in [9.17, 15) is 4.79 Å². The number of carbonyl (C=O) groups excluding carboxylic acids is 1. The summed E-state index contributed by atoms with van der Waals surface area (Å²) >= 11 is 0. The van der Waals surface area contributed by atoms with Gasteiger partial charge in [-0.1, -0.05) is 43.3 Å². The van der Waals surface area contributed by atoms with E-state index in [1.165, 1.54) is 36.1 Å². The number of rotatable bonds is 4. The Hall–Kier alpha value is -2.17. The van der Waals surface area contributed by atoms with Crippen LogP contribution in [0.5, 0.6) is 0 Å². The summed E-state index contributed by atoms with van der Waals surface area (Å²) in [5, 5.41) is 7.08. The molecule has 5 rings (SSSR count). The molecule has 2 aromatic carbocycles. The fraction of sp³-hybridized carbons (Fsp3) is 0.519. The van der Waals surface area contributed by atoms with Crippen molar-refractivity contribution >= 4 is 5.91 Å². The highest BCUT2D eigenvalue weighted by Gasteiger charge is 2.41. The molecule has 3 aliphatic rings. The summed E-state index contributed by atoms with van der Waals surface area (Å²) in [7, 11) is 0. The quantitative estimate of drug-likeness (QED) is 0.774. The van der Waals surface area contributed by atoms with Crippen molar-refractivity contribution in [2.24, 2.45) is 5.92 Å². The summed E-state index contributed by atoms with van der Waals surface area (Å²) in [5.41, 5.74) is 6.01. The Labute approximate surface area is 186 Å². The lowest BCUT2D eigenvalue weighted by Gasteiger charge is -2.49. The second-order valence-electron chi connectivity index (χ2n) is 9.63. The fourth-order valence-electron chi connectivity index (χ4n) is 6.01. The Bertz CT molecular complexity index is 941. The standard InChI is InChI=1S/C27H35N3O/c1-3-19-14-21-11-13-30-17-22-10-7-12-28-24(22)16-25(30)26(21)23(15-19)27(31)29-18(2)20-8-5-4-6-9-20/h4-6,8-9,14-15,18,22,24-25,28H,3,7,10-13,16-17H2,1-2H3,(H,29,31)/t18-,22-,24+,25+/m1/s1. The molecule has 31 heavy (non-hydrogen) atoms. The predicted octanol–water partition coefficient (Wildman–Crippen LogP) is 4.41. The lowest BCUT2D eigenvalue weighted by molar-refractivity contribution is 0.0542. The van der Waals surface area contributed by atoms with Gasteiger partial charge in [0.25, 0.3) is 5.91 Å². The summed E-state index contributed by atoms with van der Waals surface area (Å²) in [5.74, 6) is 0.834. The number of benzene rings is 2. The minimum Gasteiger partial charge on any atom is -0.346 e. The summed E-state index contributed by atoms with van der Waals surface area (Å²) in [6, 6.07) is 15.7. The van der Waals surface area contributed by atoms with Crippen molar-refractivity contribution in [1.82, 2.24) is 15.5 Å². The second kappa shape index (κ2) is 8.76. The number of aryl methyl sites for hydroxylation is 1. The first kappa shape index (κ1) is 20.7. The van der Waals surface area contributed by atoms with Crippen LogP contribution in [0.4, 0.5) is 0 Å². The normalized spacial score (nSPS) is 26.3. The molecule has 0 aliphatic carbocycles. The first-order valence-corrected chi connectivity index (χ1v) is 12.1. The Balaban J connectivity index is 1.47. The zero-order valence-electron chi connectivity index (χ0n) is 18.9. The first-order chi connectivity index (χ1) is 15.1. The maximum Gasteiger partial charge on any atom is 0.252 e. The molecule has 0 unspecified atom stereocenters. The molecule has 3 aliphatic heterocycles. The number of fused-ring (bicyclic) bond motifs is 4. The number of amides is 1. The minimum atomic E-state index is -0.00919. The fourth-order valence-corrected chi connectivity index (χ4v) is 6.01. The molecular formula is C27H35N3O. The molecule has 0 bridgehead atoms. The van der Waals surface area contributed by atoms with E-state index in [1.807, 2.05) is 18.2 Å². The van der Waals surface area contributed by atoms with Crippen LogP contribution in [0.3, 0.4) is 0 Å². The van der Waals surface area contributed by atoms with Gasteiger partial charge in [-0.05, 0) is 79.8 Å². The third kappa shape index (κ3) is 4.04. The number of hydrogen-bond donors (Lipinski definition) is 2. The molecule has 0 aromatic heterocycles. The number of hydrogen-bond acceptors (Lipinski definition) is 3. The van der Waals surface area contributed by atoms with E-state index in [-0.39, 0.29) is 11.9 Å². The molecule has 0 spiro atoms. The van der Waals surface area contributed by atoms with Gasteiger partial charge in [-0.3, -0.25) is 9.69 Å². The molecule has 3 heterocycles. The van der Waals surface area contributed by atoms with Crippen LogP contribution in [0.1, 0.15) is 77.8 Å². The monoisotopic (exact) mass is 417 g/mol. The van der Waals surface area contributed by atoms with Crippen molar-refractivity contribution < 1.29 is 4.79 Å². The van der Waals surface area contributed by atoms with E-state index >= 15 is 0 Å². The van der Waals surface area contributed by atoms with Crippen molar-refractivity contribution in [3.63, 3.8) is 0 Å². The Morgan fingerprint density at radius 2 is 2.10 bits per heavy atom. The summed E-state index contributed by atoms with van der Waals surface area (Å²) in [4.78, 5) is 16.2. The lowest BCUT2D eigenvalue weighted by Crippen LogP contribution is -2.55. The van der Waals surface area contributed by atoms with Crippen LogP contribution in [0.15, 0.2) is 42.5 Å². The molecule has 0 saturated carbocycles. The van der Waals surface area contributed by atoms with Crippen molar-refractivity contribution in [3.8, 4) is 0 Å². The molecule has 2 N–H and O–H groups in total. The zero-order chi connectivity index (χ0) is 21.4. The topological polar surface area (TPSA) is 44.4 Å². The van der Waals surface area contributed by atoms with Crippen molar-refractivity contribution in [2.45, 2.75) is 64.1 Å². The lowest BCUT2D eigenvalue weighted by atomic mass is 9.76. The highest BCUT2D eigenvalue weighted by molar-refractivity contribution is 5.96. The second-order valence-corrected chi connectivity index (χ2v) is 9.63. The van der Waals surface area contributed by atoms with E-state index in [0.29, 0.717) is 12.1 Å². The van der Waals surface area contributed by atoms with Gasteiger partial charge in [-0.15, -0.1) is 0 Å². The smallest absolute Gasteiger partial charge is 0.252 e.